The molecule has 0 spiro atoms. The highest BCUT2D eigenvalue weighted by atomic mass is 35.5. The van der Waals surface area contributed by atoms with Gasteiger partial charge in [0.25, 0.3) is 5.91 Å². The van der Waals surface area contributed by atoms with E-state index in [1.165, 1.54) is 0 Å². The van der Waals surface area contributed by atoms with Crippen LogP contribution in [-0.4, -0.2) is 19.6 Å². The summed E-state index contributed by atoms with van der Waals surface area (Å²) < 4.78 is 16.7. The summed E-state index contributed by atoms with van der Waals surface area (Å²) in [5.74, 6) is 1.64. The molecule has 150 valence electrons. The van der Waals surface area contributed by atoms with Crippen molar-refractivity contribution in [1.82, 2.24) is 5.32 Å². The molecular formula is C23H22ClNO4. The monoisotopic (exact) mass is 411 g/mol. The average molecular weight is 412 g/mol. The van der Waals surface area contributed by atoms with Gasteiger partial charge in [0.1, 0.15) is 12.4 Å². The lowest BCUT2D eigenvalue weighted by Crippen LogP contribution is -2.28. The van der Waals surface area contributed by atoms with Gasteiger partial charge in [0.15, 0.2) is 18.1 Å². The molecule has 0 bridgehead atoms. The summed E-state index contributed by atoms with van der Waals surface area (Å²) in [6, 6.07) is 22.3. The van der Waals surface area contributed by atoms with Crippen LogP contribution in [0.15, 0.2) is 72.8 Å². The Kier molecular flexibility index (Phi) is 7.36. The molecule has 0 unspecified atom stereocenters. The first kappa shape index (κ1) is 20.6. The quantitative estimate of drug-likeness (QED) is 0.558. The summed E-state index contributed by atoms with van der Waals surface area (Å²) in [4.78, 5) is 12.0. The SMILES string of the molecule is COc1cc(CNC(=O)COc2ccc(Cl)cc2)ccc1OCc1ccccc1. The van der Waals surface area contributed by atoms with Crippen molar-refractivity contribution >= 4 is 17.5 Å². The lowest BCUT2D eigenvalue weighted by Gasteiger charge is -2.13. The maximum absolute atomic E-state index is 12.0. The van der Waals surface area contributed by atoms with Crippen molar-refractivity contribution in [1.29, 1.82) is 0 Å². The van der Waals surface area contributed by atoms with Gasteiger partial charge in [0.05, 0.1) is 7.11 Å². The van der Waals surface area contributed by atoms with Crippen molar-refractivity contribution in [2.45, 2.75) is 13.2 Å². The second kappa shape index (κ2) is 10.4. The van der Waals surface area contributed by atoms with Crippen LogP contribution in [0.4, 0.5) is 0 Å². The Morgan fingerprint density at radius 3 is 2.38 bits per heavy atom. The number of benzene rings is 3. The predicted molar refractivity (Wildman–Crippen MR) is 113 cm³/mol. The number of amides is 1. The maximum Gasteiger partial charge on any atom is 0.258 e. The number of hydrogen-bond acceptors (Lipinski definition) is 4. The normalized spacial score (nSPS) is 10.3. The maximum atomic E-state index is 12.0. The standard InChI is InChI=1S/C23H22ClNO4/c1-27-22-13-18(7-12-21(22)29-15-17-5-3-2-4-6-17)14-25-23(26)16-28-20-10-8-19(24)9-11-20/h2-13H,14-16H2,1H3,(H,25,26). The zero-order valence-corrected chi connectivity index (χ0v) is 16.8. The fourth-order valence-electron chi connectivity index (χ4n) is 2.61. The fraction of sp³-hybridized carbons (Fsp3) is 0.174. The van der Waals surface area contributed by atoms with Gasteiger partial charge in [-0.05, 0) is 47.5 Å². The largest absolute Gasteiger partial charge is 0.493 e. The summed E-state index contributed by atoms with van der Waals surface area (Å²) in [5.41, 5.74) is 1.97. The van der Waals surface area contributed by atoms with Crippen molar-refractivity contribution in [2.24, 2.45) is 0 Å². The molecule has 0 radical (unpaired) electrons. The highest BCUT2D eigenvalue weighted by molar-refractivity contribution is 6.30. The third-order valence-corrected chi connectivity index (χ3v) is 4.39. The lowest BCUT2D eigenvalue weighted by atomic mass is 10.2. The lowest BCUT2D eigenvalue weighted by molar-refractivity contribution is -0.123. The Morgan fingerprint density at radius 1 is 0.897 bits per heavy atom. The number of rotatable bonds is 9. The molecule has 1 amide bonds. The molecule has 0 aliphatic heterocycles. The second-order valence-corrected chi connectivity index (χ2v) is 6.72. The van der Waals surface area contributed by atoms with Gasteiger partial charge in [0.2, 0.25) is 0 Å². The van der Waals surface area contributed by atoms with E-state index < -0.39 is 0 Å². The van der Waals surface area contributed by atoms with E-state index in [1.807, 2.05) is 48.5 Å². The Hall–Kier alpha value is -3.18. The van der Waals surface area contributed by atoms with Crippen LogP contribution in [-0.2, 0) is 17.9 Å². The molecule has 3 aromatic carbocycles. The summed E-state index contributed by atoms with van der Waals surface area (Å²) in [6.07, 6.45) is 0. The van der Waals surface area contributed by atoms with Crippen LogP contribution in [0.25, 0.3) is 0 Å². The second-order valence-electron chi connectivity index (χ2n) is 6.28. The average Bonchev–Trinajstić information content (AvgIpc) is 2.76. The minimum absolute atomic E-state index is 0.0724. The Morgan fingerprint density at radius 2 is 1.66 bits per heavy atom. The van der Waals surface area contributed by atoms with Crippen LogP contribution in [0, 0.1) is 0 Å². The molecule has 0 aliphatic rings. The molecular weight excluding hydrogens is 390 g/mol. The summed E-state index contributed by atoms with van der Waals surface area (Å²) >= 11 is 5.82. The van der Waals surface area contributed by atoms with Crippen LogP contribution < -0.4 is 19.5 Å². The van der Waals surface area contributed by atoms with Gasteiger partial charge in [0, 0.05) is 11.6 Å². The van der Waals surface area contributed by atoms with Crippen LogP contribution in [0.5, 0.6) is 17.2 Å². The highest BCUT2D eigenvalue weighted by Crippen LogP contribution is 2.28. The van der Waals surface area contributed by atoms with Crippen molar-refractivity contribution < 1.29 is 19.0 Å². The number of nitrogens with one attached hydrogen (secondary N) is 1. The van der Waals surface area contributed by atoms with Crippen molar-refractivity contribution in [3.63, 3.8) is 0 Å². The number of carbonyl (C=O) groups excluding carboxylic acids is 1. The summed E-state index contributed by atoms with van der Waals surface area (Å²) in [6.45, 7) is 0.741. The highest BCUT2D eigenvalue weighted by Gasteiger charge is 2.08. The molecule has 1 N–H and O–H groups in total. The van der Waals surface area contributed by atoms with Gasteiger partial charge in [-0.25, -0.2) is 0 Å². The van der Waals surface area contributed by atoms with Crippen LogP contribution in [0.1, 0.15) is 11.1 Å². The van der Waals surface area contributed by atoms with E-state index in [9.17, 15) is 4.79 Å². The van der Waals surface area contributed by atoms with Crippen molar-refractivity contribution in [3.05, 3.63) is 88.9 Å². The number of methoxy groups -OCH3 is 1. The first-order chi connectivity index (χ1) is 14.1. The molecule has 0 saturated carbocycles. The van der Waals surface area contributed by atoms with Gasteiger partial charge in [-0.2, -0.15) is 0 Å². The number of ether oxygens (including phenoxy) is 3. The first-order valence-corrected chi connectivity index (χ1v) is 9.50. The third kappa shape index (κ3) is 6.43. The van der Waals surface area contributed by atoms with E-state index in [0.29, 0.717) is 35.4 Å². The predicted octanol–water partition coefficient (Wildman–Crippen LogP) is 4.62. The molecule has 6 heteroatoms. The zero-order valence-electron chi connectivity index (χ0n) is 16.1. The molecule has 5 nitrogen and oxygen atoms in total. The van der Waals surface area contributed by atoms with Crippen molar-refractivity contribution in [2.75, 3.05) is 13.7 Å². The molecule has 3 aromatic rings. The number of carbonyl (C=O) groups is 1. The van der Waals surface area contributed by atoms with E-state index in [-0.39, 0.29) is 12.5 Å². The molecule has 0 aromatic heterocycles. The van der Waals surface area contributed by atoms with E-state index in [4.69, 9.17) is 25.8 Å². The number of hydrogen-bond donors (Lipinski definition) is 1. The summed E-state index contributed by atoms with van der Waals surface area (Å²) in [5, 5.41) is 3.44. The van der Waals surface area contributed by atoms with Gasteiger partial charge in [-0.3, -0.25) is 4.79 Å². The molecule has 0 aliphatic carbocycles. The first-order valence-electron chi connectivity index (χ1n) is 9.13. The van der Waals surface area contributed by atoms with Crippen LogP contribution in [0.2, 0.25) is 5.02 Å². The molecule has 0 saturated heterocycles. The van der Waals surface area contributed by atoms with Gasteiger partial charge >= 0.3 is 0 Å². The van der Waals surface area contributed by atoms with Crippen LogP contribution >= 0.6 is 11.6 Å². The number of halogens is 1. The van der Waals surface area contributed by atoms with Crippen molar-refractivity contribution in [3.8, 4) is 17.2 Å². The van der Waals surface area contributed by atoms with Gasteiger partial charge in [-0.15, -0.1) is 0 Å². The van der Waals surface area contributed by atoms with Crippen LogP contribution in [0.3, 0.4) is 0 Å². The minimum atomic E-state index is -0.219. The molecule has 29 heavy (non-hydrogen) atoms. The molecule has 0 atom stereocenters. The smallest absolute Gasteiger partial charge is 0.258 e. The zero-order chi connectivity index (χ0) is 20.5. The van der Waals surface area contributed by atoms with E-state index in [2.05, 4.69) is 5.32 Å². The topological polar surface area (TPSA) is 56.8 Å². The Balaban J connectivity index is 1.50. The summed E-state index contributed by atoms with van der Waals surface area (Å²) in [7, 11) is 1.59. The van der Waals surface area contributed by atoms with Gasteiger partial charge in [-0.1, -0.05) is 48.0 Å². The van der Waals surface area contributed by atoms with Gasteiger partial charge < -0.3 is 19.5 Å². The minimum Gasteiger partial charge on any atom is -0.493 e. The van der Waals surface area contributed by atoms with E-state index in [1.54, 1.807) is 31.4 Å². The Labute approximate surface area is 175 Å². The fourth-order valence-corrected chi connectivity index (χ4v) is 2.73. The molecule has 3 rings (SSSR count). The van der Waals surface area contributed by atoms with E-state index >= 15 is 0 Å². The third-order valence-electron chi connectivity index (χ3n) is 4.14. The Bertz CT molecular complexity index is 929. The van der Waals surface area contributed by atoms with E-state index in [0.717, 1.165) is 11.1 Å². The molecule has 0 heterocycles. The molecule has 0 fully saturated rings.